The van der Waals surface area contributed by atoms with Gasteiger partial charge in [-0.3, -0.25) is 0 Å². The van der Waals surface area contributed by atoms with Gasteiger partial charge >= 0.3 is 12.1 Å². The van der Waals surface area contributed by atoms with Gasteiger partial charge in [-0.05, 0) is 64.8 Å². The van der Waals surface area contributed by atoms with E-state index in [1.807, 2.05) is 20.8 Å². The van der Waals surface area contributed by atoms with E-state index in [0.717, 1.165) is 12.8 Å². The van der Waals surface area contributed by atoms with E-state index in [1.54, 1.807) is 36.1 Å². The van der Waals surface area contributed by atoms with Crippen LogP contribution >= 0.6 is 0 Å². The van der Waals surface area contributed by atoms with Gasteiger partial charge in [0.1, 0.15) is 18.0 Å². The summed E-state index contributed by atoms with van der Waals surface area (Å²) in [7, 11) is 0. The molecule has 0 radical (unpaired) electrons. The first-order valence-electron chi connectivity index (χ1n) is 8.70. The Labute approximate surface area is 149 Å². The molecule has 1 amide bonds. The van der Waals surface area contributed by atoms with Crippen molar-refractivity contribution in [1.29, 1.82) is 0 Å². The van der Waals surface area contributed by atoms with Crippen molar-refractivity contribution in [3.8, 4) is 5.75 Å². The summed E-state index contributed by atoms with van der Waals surface area (Å²) >= 11 is 0. The second-order valence-electron chi connectivity index (χ2n) is 7.03. The van der Waals surface area contributed by atoms with Crippen molar-refractivity contribution >= 4 is 12.1 Å². The summed E-state index contributed by atoms with van der Waals surface area (Å²) < 4.78 is 16.2. The Balaban J connectivity index is 1.89. The van der Waals surface area contributed by atoms with E-state index in [2.05, 4.69) is 0 Å². The number of hydrogen-bond donors (Lipinski definition) is 0. The minimum Gasteiger partial charge on any atom is -0.491 e. The fraction of sp³-hybridized carbons (Fsp3) is 0.579. The predicted octanol–water partition coefficient (Wildman–Crippen LogP) is 3.64. The van der Waals surface area contributed by atoms with Gasteiger partial charge in [-0.25, -0.2) is 9.59 Å². The number of likely N-dealkylation sites (tertiary alicyclic amines) is 1. The van der Waals surface area contributed by atoms with E-state index < -0.39 is 5.60 Å². The largest absolute Gasteiger partial charge is 0.491 e. The number of hydrogen-bond acceptors (Lipinski definition) is 5. The van der Waals surface area contributed by atoms with Crippen LogP contribution in [0.15, 0.2) is 24.3 Å². The number of esters is 1. The van der Waals surface area contributed by atoms with Crippen molar-refractivity contribution in [2.24, 2.45) is 0 Å². The van der Waals surface area contributed by atoms with Crippen LogP contribution in [0, 0.1) is 0 Å². The number of amides is 1. The van der Waals surface area contributed by atoms with Gasteiger partial charge in [0, 0.05) is 6.54 Å². The second-order valence-corrected chi connectivity index (χ2v) is 7.03. The molecule has 2 rings (SSSR count). The van der Waals surface area contributed by atoms with Crippen molar-refractivity contribution < 1.29 is 23.8 Å². The first-order valence-corrected chi connectivity index (χ1v) is 8.70. The zero-order chi connectivity index (χ0) is 18.4. The van der Waals surface area contributed by atoms with Crippen LogP contribution in [0.4, 0.5) is 4.79 Å². The first kappa shape index (κ1) is 19.1. The van der Waals surface area contributed by atoms with Gasteiger partial charge in [-0.2, -0.15) is 0 Å². The van der Waals surface area contributed by atoms with Crippen molar-refractivity contribution in [2.75, 3.05) is 19.8 Å². The van der Waals surface area contributed by atoms with Crippen molar-refractivity contribution in [3.05, 3.63) is 29.8 Å². The number of carbonyl (C=O) groups excluding carboxylic acids is 2. The lowest BCUT2D eigenvalue weighted by atomic mass is 10.2. The van der Waals surface area contributed by atoms with Crippen LogP contribution in [-0.2, 0) is 9.47 Å². The van der Waals surface area contributed by atoms with Crippen molar-refractivity contribution in [2.45, 2.75) is 52.2 Å². The molecule has 1 aliphatic rings. The molecule has 6 heteroatoms. The Hall–Kier alpha value is -2.24. The number of nitrogens with zero attached hydrogens (tertiary/aromatic N) is 1. The molecule has 0 aliphatic carbocycles. The molecule has 25 heavy (non-hydrogen) atoms. The maximum absolute atomic E-state index is 12.3. The van der Waals surface area contributed by atoms with E-state index in [0.29, 0.717) is 31.1 Å². The molecule has 1 unspecified atom stereocenters. The SMILES string of the molecule is CCOC(=O)c1ccc(OCC2CCCN2C(=O)OC(C)(C)C)cc1. The smallest absolute Gasteiger partial charge is 0.410 e. The van der Waals surface area contributed by atoms with Gasteiger partial charge < -0.3 is 19.1 Å². The van der Waals surface area contributed by atoms with E-state index in [4.69, 9.17) is 14.2 Å². The third-order valence-corrected chi connectivity index (χ3v) is 3.81. The van der Waals surface area contributed by atoms with Gasteiger partial charge in [0.15, 0.2) is 0 Å². The van der Waals surface area contributed by atoms with Crippen molar-refractivity contribution in [1.82, 2.24) is 4.90 Å². The molecule has 6 nitrogen and oxygen atoms in total. The maximum Gasteiger partial charge on any atom is 0.410 e. The molecule has 1 saturated heterocycles. The molecule has 0 bridgehead atoms. The summed E-state index contributed by atoms with van der Waals surface area (Å²) in [6.07, 6.45) is 1.53. The molecule has 0 aromatic heterocycles. The molecular formula is C19H27NO5. The topological polar surface area (TPSA) is 65.1 Å². The highest BCUT2D eigenvalue weighted by Crippen LogP contribution is 2.22. The molecule has 1 atom stereocenters. The van der Waals surface area contributed by atoms with Gasteiger partial charge in [0.25, 0.3) is 0 Å². The highest BCUT2D eigenvalue weighted by Gasteiger charge is 2.32. The minimum absolute atomic E-state index is 0.000386. The Morgan fingerprint density at radius 3 is 2.48 bits per heavy atom. The fourth-order valence-corrected chi connectivity index (χ4v) is 2.66. The number of ether oxygens (including phenoxy) is 3. The molecule has 1 aliphatic heterocycles. The van der Waals surface area contributed by atoms with Gasteiger partial charge in [0.05, 0.1) is 18.2 Å². The summed E-state index contributed by atoms with van der Waals surface area (Å²) in [5.41, 5.74) is -0.0148. The molecule has 138 valence electrons. The average Bonchev–Trinajstić information content (AvgIpc) is 3.01. The molecule has 1 heterocycles. The average molecular weight is 349 g/mol. The van der Waals surface area contributed by atoms with E-state index in [9.17, 15) is 9.59 Å². The second kappa shape index (κ2) is 8.23. The molecule has 0 spiro atoms. The molecule has 1 fully saturated rings. The maximum atomic E-state index is 12.3. The predicted molar refractivity (Wildman–Crippen MR) is 93.9 cm³/mol. The van der Waals surface area contributed by atoms with Crippen LogP contribution in [0.25, 0.3) is 0 Å². The van der Waals surface area contributed by atoms with Gasteiger partial charge in [-0.1, -0.05) is 0 Å². The standard InChI is InChI=1S/C19H27NO5/c1-5-23-17(21)14-8-10-16(11-9-14)24-13-15-7-6-12-20(15)18(22)25-19(2,3)4/h8-11,15H,5-7,12-13H2,1-4H3. The van der Waals surface area contributed by atoms with E-state index in [1.165, 1.54) is 0 Å². The lowest BCUT2D eigenvalue weighted by molar-refractivity contribution is 0.0187. The lowest BCUT2D eigenvalue weighted by Crippen LogP contribution is -2.42. The summed E-state index contributed by atoms with van der Waals surface area (Å²) in [6.45, 7) is 8.78. The summed E-state index contributed by atoms with van der Waals surface area (Å²) in [5.74, 6) is 0.310. The van der Waals surface area contributed by atoms with Gasteiger partial charge in [0.2, 0.25) is 0 Å². The first-order chi connectivity index (χ1) is 11.8. The Bertz CT molecular complexity index is 591. The number of rotatable bonds is 5. The highest BCUT2D eigenvalue weighted by molar-refractivity contribution is 5.89. The van der Waals surface area contributed by atoms with E-state index in [-0.39, 0.29) is 18.1 Å². The normalized spacial score (nSPS) is 17.3. The zero-order valence-corrected chi connectivity index (χ0v) is 15.4. The summed E-state index contributed by atoms with van der Waals surface area (Å²) in [5, 5.41) is 0. The Kier molecular flexibility index (Phi) is 6.28. The van der Waals surface area contributed by atoms with Crippen LogP contribution in [0.3, 0.4) is 0 Å². The third kappa shape index (κ3) is 5.66. The Morgan fingerprint density at radius 1 is 1.20 bits per heavy atom. The fourth-order valence-electron chi connectivity index (χ4n) is 2.66. The van der Waals surface area contributed by atoms with Crippen LogP contribution < -0.4 is 4.74 Å². The van der Waals surface area contributed by atoms with Crippen molar-refractivity contribution in [3.63, 3.8) is 0 Å². The zero-order valence-electron chi connectivity index (χ0n) is 15.4. The highest BCUT2D eigenvalue weighted by atomic mass is 16.6. The lowest BCUT2D eigenvalue weighted by Gasteiger charge is -2.28. The number of benzene rings is 1. The quantitative estimate of drug-likeness (QED) is 0.759. The monoisotopic (exact) mass is 349 g/mol. The molecular weight excluding hydrogens is 322 g/mol. The summed E-state index contributed by atoms with van der Waals surface area (Å²) in [6, 6.07) is 6.82. The summed E-state index contributed by atoms with van der Waals surface area (Å²) in [4.78, 5) is 25.6. The molecule has 0 saturated carbocycles. The minimum atomic E-state index is -0.506. The molecule has 1 aromatic carbocycles. The Morgan fingerprint density at radius 2 is 1.88 bits per heavy atom. The van der Waals surface area contributed by atoms with E-state index >= 15 is 0 Å². The van der Waals surface area contributed by atoms with Crippen LogP contribution in [0.2, 0.25) is 0 Å². The molecule has 0 N–H and O–H groups in total. The van der Waals surface area contributed by atoms with Gasteiger partial charge in [-0.15, -0.1) is 0 Å². The van der Waals surface area contributed by atoms with Crippen LogP contribution in [0.5, 0.6) is 5.75 Å². The number of carbonyl (C=O) groups is 2. The third-order valence-electron chi connectivity index (χ3n) is 3.81. The molecule has 1 aromatic rings. The van der Waals surface area contributed by atoms with Crippen LogP contribution in [0.1, 0.15) is 50.9 Å². The van der Waals surface area contributed by atoms with Crippen LogP contribution in [-0.4, -0.2) is 48.4 Å².